The van der Waals surface area contributed by atoms with E-state index in [2.05, 4.69) is 91.4 Å². The third kappa shape index (κ3) is 3.71. The van der Waals surface area contributed by atoms with E-state index in [0.29, 0.717) is 12.1 Å². The number of hydrogen-bond acceptors (Lipinski definition) is 1. The second-order valence-electron chi connectivity index (χ2n) is 5.53. The molecule has 0 radical (unpaired) electrons. The van der Waals surface area contributed by atoms with Crippen LogP contribution in [0.1, 0.15) is 48.2 Å². The smallest absolute Gasteiger partial charge is 0.0300 e. The molecule has 2 aromatic carbocycles. The summed E-state index contributed by atoms with van der Waals surface area (Å²) in [6.45, 7) is 8.76. The third-order valence-corrected chi connectivity index (χ3v) is 4.23. The minimum atomic E-state index is 0.322. The van der Waals surface area contributed by atoms with Gasteiger partial charge in [-0.2, -0.15) is 0 Å². The second-order valence-corrected chi connectivity index (χ2v) is 6.44. The Morgan fingerprint density at radius 2 is 1.70 bits per heavy atom. The van der Waals surface area contributed by atoms with Crippen LogP contribution < -0.4 is 5.32 Å². The molecule has 106 valence electrons. The summed E-state index contributed by atoms with van der Waals surface area (Å²) in [7, 11) is 0. The van der Waals surface area contributed by atoms with Crippen molar-refractivity contribution in [3.63, 3.8) is 0 Å². The van der Waals surface area contributed by atoms with Crippen LogP contribution in [0, 0.1) is 13.8 Å². The van der Waals surface area contributed by atoms with Crippen LogP contribution in [0.3, 0.4) is 0 Å². The molecule has 0 saturated heterocycles. The van der Waals surface area contributed by atoms with Crippen molar-refractivity contribution in [3.8, 4) is 0 Å². The normalized spacial score (nSPS) is 14.1. The zero-order valence-electron chi connectivity index (χ0n) is 12.6. The first-order chi connectivity index (χ1) is 9.47. The van der Waals surface area contributed by atoms with Crippen molar-refractivity contribution in [2.24, 2.45) is 0 Å². The van der Waals surface area contributed by atoms with Gasteiger partial charge in [-0.05, 0) is 56.5 Å². The zero-order chi connectivity index (χ0) is 14.7. The standard InChI is InChI=1S/C18H22BrN/c1-12-8-9-18(13(2)10-12)15(4)20-14(3)16-6-5-7-17(19)11-16/h5-11,14-15,20H,1-4H3/t14-,15?/m0/s1. The number of benzene rings is 2. The predicted octanol–water partition coefficient (Wildman–Crippen LogP) is 5.48. The maximum absolute atomic E-state index is 3.68. The van der Waals surface area contributed by atoms with Crippen molar-refractivity contribution in [2.45, 2.75) is 39.8 Å². The maximum atomic E-state index is 3.68. The lowest BCUT2D eigenvalue weighted by Crippen LogP contribution is -2.23. The van der Waals surface area contributed by atoms with Crippen LogP contribution in [0.25, 0.3) is 0 Å². The second kappa shape index (κ2) is 6.55. The molecule has 0 fully saturated rings. The Labute approximate surface area is 130 Å². The van der Waals surface area contributed by atoms with Crippen LogP contribution in [-0.4, -0.2) is 0 Å². The van der Waals surface area contributed by atoms with Gasteiger partial charge in [0, 0.05) is 16.6 Å². The Morgan fingerprint density at radius 1 is 0.950 bits per heavy atom. The Bertz CT molecular complexity index is 592. The van der Waals surface area contributed by atoms with E-state index in [9.17, 15) is 0 Å². The highest BCUT2D eigenvalue weighted by molar-refractivity contribution is 9.10. The van der Waals surface area contributed by atoms with Crippen LogP contribution >= 0.6 is 15.9 Å². The largest absolute Gasteiger partial charge is 0.304 e. The molecule has 20 heavy (non-hydrogen) atoms. The fourth-order valence-electron chi connectivity index (χ4n) is 2.65. The average Bonchev–Trinajstić information content (AvgIpc) is 2.38. The molecule has 0 aliphatic rings. The third-order valence-electron chi connectivity index (χ3n) is 3.74. The molecule has 2 rings (SSSR count). The summed E-state index contributed by atoms with van der Waals surface area (Å²) in [4.78, 5) is 0. The lowest BCUT2D eigenvalue weighted by atomic mass is 9.99. The van der Waals surface area contributed by atoms with Gasteiger partial charge in [-0.15, -0.1) is 0 Å². The summed E-state index contributed by atoms with van der Waals surface area (Å²) in [6.07, 6.45) is 0. The molecule has 0 spiro atoms. The maximum Gasteiger partial charge on any atom is 0.0300 e. The number of rotatable bonds is 4. The van der Waals surface area contributed by atoms with Gasteiger partial charge in [-0.3, -0.25) is 0 Å². The van der Waals surface area contributed by atoms with Crippen molar-refractivity contribution < 1.29 is 0 Å². The summed E-state index contributed by atoms with van der Waals surface area (Å²) in [5.74, 6) is 0. The Morgan fingerprint density at radius 3 is 2.35 bits per heavy atom. The van der Waals surface area contributed by atoms with Crippen molar-refractivity contribution >= 4 is 15.9 Å². The quantitative estimate of drug-likeness (QED) is 0.782. The van der Waals surface area contributed by atoms with Gasteiger partial charge in [0.05, 0.1) is 0 Å². The molecule has 0 amide bonds. The molecule has 0 heterocycles. The number of halogens is 1. The summed E-state index contributed by atoms with van der Waals surface area (Å²) in [5.41, 5.74) is 5.35. The van der Waals surface area contributed by atoms with E-state index in [1.54, 1.807) is 0 Å². The molecule has 2 heteroatoms. The van der Waals surface area contributed by atoms with Crippen LogP contribution in [0.2, 0.25) is 0 Å². The van der Waals surface area contributed by atoms with Gasteiger partial charge in [-0.25, -0.2) is 0 Å². The predicted molar refractivity (Wildman–Crippen MR) is 90.0 cm³/mol. The van der Waals surface area contributed by atoms with E-state index in [-0.39, 0.29) is 0 Å². The molecule has 1 unspecified atom stereocenters. The molecule has 2 aromatic rings. The van der Waals surface area contributed by atoms with Crippen LogP contribution in [0.4, 0.5) is 0 Å². The molecular formula is C18H22BrN. The molecule has 0 aliphatic heterocycles. The van der Waals surface area contributed by atoms with Crippen LogP contribution in [0.5, 0.6) is 0 Å². The monoisotopic (exact) mass is 331 g/mol. The van der Waals surface area contributed by atoms with Crippen molar-refractivity contribution in [1.29, 1.82) is 0 Å². The summed E-state index contributed by atoms with van der Waals surface area (Å²) < 4.78 is 1.13. The molecule has 0 saturated carbocycles. The minimum Gasteiger partial charge on any atom is -0.304 e. The summed E-state index contributed by atoms with van der Waals surface area (Å²) >= 11 is 3.53. The molecule has 0 aliphatic carbocycles. The first kappa shape index (κ1) is 15.3. The topological polar surface area (TPSA) is 12.0 Å². The van der Waals surface area contributed by atoms with E-state index in [4.69, 9.17) is 0 Å². The van der Waals surface area contributed by atoms with E-state index < -0.39 is 0 Å². The number of aryl methyl sites for hydroxylation is 2. The van der Waals surface area contributed by atoms with Gasteiger partial charge in [0.15, 0.2) is 0 Å². The van der Waals surface area contributed by atoms with Crippen molar-refractivity contribution in [3.05, 3.63) is 69.2 Å². The van der Waals surface area contributed by atoms with E-state index in [1.165, 1.54) is 22.3 Å². The van der Waals surface area contributed by atoms with E-state index in [1.807, 2.05) is 0 Å². The van der Waals surface area contributed by atoms with Gasteiger partial charge >= 0.3 is 0 Å². The SMILES string of the molecule is Cc1ccc(C(C)N[C@@H](C)c2cccc(Br)c2)c(C)c1. The zero-order valence-corrected chi connectivity index (χ0v) is 14.2. The van der Waals surface area contributed by atoms with Gasteiger partial charge in [-0.1, -0.05) is 51.8 Å². The first-order valence-electron chi connectivity index (χ1n) is 7.06. The van der Waals surface area contributed by atoms with Gasteiger partial charge < -0.3 is 5.32 Å². The fourth-order valence-corrected chi connectivity index (χ4v) is 3.07. The van der Waals surface area contributed by atoms with Gasteiger partial charge in [0.2, 0.25) is 0 Å². The van der Waals surface area contributed by atoms with Crippen molar-refractivity contribution in [2.75, 3.05) is 0 Å². The number of hydrogen-bond donors (Lipinski definition) is 1. The molecular weight excluding hydrogens is 310 g/mol. The lowest BCUT2D eigenvalue weighted by Gasteiger charge is -2.22. The fraction of sp³-hybridized carbons (Fsp3) is 0.333. The minimum absolute atomic E-state index is 0.322. The first-order valence-corrected chi connectivity index (χ1v) is 7.85. The number of nitrogens with one attached hydrogen (secondary N) is 1. The van der Waals surface area contributed by atoms with Crippen LogP contribution in [-0.2, 0) is 0 Å². The molecule has 2 atom stereocenters. The summed E-state index contributed by atoms with van der Waals surface area (Å²) in [5, 5.41) is 3.68. The molecule has 1 nitrogen and oxygen atoms in total. The van der Waals surface area contributed by atoms with Crippen molar-refractivity contribution in [1.82, 2.24) is 5.32 Å². The lowest BCUT2D eigenvalue weighted by molar-refractivity contribution is 0.493. The highest BCUT2D eigenvalue weighted by Crippen LogP contribution is 2.24. The van der Waals surface area contributed by atoms with E-state index in [0.717, 1.165) is 4.47 Å². The summed E-state index contributed by atoms with van der Waals surface area (Å²) in [6, 6.07) is 15.8. The average molecular weight is 332 g/mol. The van der Waals surface area contributed by atoms with Crippen LogP contribution in [0.15, 0.2) is 46.9 Å². The molecule has 0 bridgehead atoms. The highest BCUT2D eigenvalue weighted by atomic mass is 79.9. The Kier molecular flexibility index (Phi) is 5.00. The van der Waals surface area contributed by atoms with E-state index >= 15 is 0 Å². The molecule has 0 aromatic heterocycles. The Hall–Kier alpha value is -1.12. The van der Waals surface area contributed by atoms with Gasteiger partial charge in [0.1, 0.15) is 0 Å². The Balaban J connectivity index is 2.12. The molecule has 1 N–H and O–H groups in total. The van der Waals surface area contributed by atoms with Gasteiger partial charge in [0.25, 0.3) is 0 Å². The highest BCUT2D eigenvalue weighted by Gasteiger charge is 2.13.